The molecule has 9 heteroatoms. The van der Waals surface area contributed by atoms with Gasteiger partial charge in [0, 0.05) is 23.7 Å². The number of carboxylic acids is 1. The van der Waals surface area contributed by atoms with Gasteiger partial charge >= 0.3 is 5.97 Å². The Hall–Kier alpha value is -3.15. The second-order valence-corrected chi connectivity index (χ2v) is 8.64. The Morgan fingerprint density at radius 1 is 1.21 bits per heavy atom. The minimum atomic E-state index is -0.923. The minimum absolute atomic E-state index is 0.0861. The summed E-state index contributed by atoms with van der Waals surface area (Å²) < 4.78 is 18.9. The third kappa shape index (κ3) is 6.91. The molecule has 0 aromatic heterocycles. The van der Waals surface area contributed by atoms with E-state index in [0.29, 0.717) is 55.2 Å². The molecule has 0 unspecified atom stereocenters. The van der Waals surface area contributed by atoms with Crippen LogP contribution in [-0.4, -0.2) is 48.1 Å². The van der Waals surface area contributed by atoms with Gasteiger partial charge in [-0.1, -0.05) is 23.7 Å². The van der Waals surface area contributed by atoms with Crippen molar-refractivity contribution in [2.24, 2.45) is 5.41 Å². The standard InChI is InChI=1S/C24H25ClFN3O4/c25-19-3-6-21(18(11-19)13-28-14-23(31)32)33-15-22(30)29-9-7-24(16-27,8-10-29)12-17-1-4-20(26)5-2-17/h1-6,11,28H,7-10,12-15H2,(H,31,32)/p+1. The normalized spacial score (nSPS) is 15.0. The highest BCUT2D eigenvalue weighted by Crippen LogP contribution is 2.34. The molecule has 1 heterocycles. The van der Waals surface area contributed by atoms with Crippen LogP contribution in [0.2, 0.25) is 5.02 Å². The summed E-state index contributed by atoms with van der Waals surface area (Å²) in [7, 11) is 0. The van der Waals surface area contributed by atoms with Crippen LogP contribution in [0.1, 0.15) is 24.0 Å². The van der Waals surface area contributed by atoms with E-state index in [1.54, 1.807) is 40.5 Å². The molecular weight excluding hydrogens is 449 g/mol. The fourth-order valence-electron chi connectivity index (χ4n) is 3.94. The molecule has 3 N–H and O–H groups in total. The number of aliphatic carboxylic acids is 1. The molecule has 0 bridgehead atoms. The number of nitrogens with zero attached hydrogens (tertiary/aromatic N) is 2. The predicted molar refractivity (Wildman–Crippen MR) is 119 cm³/mol. The van der Waals surface area contributed by atoms with Crippen molar-refractivity contribution < 1.29 is 29.1 Å². The van der Waals surface area contributed by atoms with Crippen molar-refractivity contribution in [2.75, 3.05) is 26.2 Å². The number of rotatable bonds is 9. The van der Waals surface area contributed by atoms with E-state index in [4.69, 9.17) is 21.4 Å². The van der Waals surface area contributed by atoms with E-state index in [2.05, 4.69) is 6.07 Å². The lowest BCUT2D eigenvalue weighted by atomic mass is 9.75. The van der Waals surface area contributed by atoms with Crippen molar-refractivity contribution in [3.63, 3.8) is 0 Å². The number of nitrogens with two attached hydrogens (primary N) is 1. The Morgan fingerprint density at radius 2 is 1.91 bits per heavy atom. The number of amides is 1. The monoisotopic (exact) mass is 474 g/mol. The molecule has 2 aromatic carbocycles. The van der Waals surface area contributed by atoms with Gasteiger partial charge in [0.05, 0.1) is 11.5 Å². The lowest BCUT2D eigenvalue weighted by Gasteiger charge is -2.37. The van der Waals surface area contributed by atoms with Crippen LogP contribution in [0.15, 0.2) is 42.5 Å². The summed E-state index contributed by atoms with van der Waals surface area (Å²) in [6.45, 7) is 0.990. The van der Waals surface area contributed by atoms with Crippen LogP contribution >= 0.6 is 11.6 Å². The maximum absolute atomic E-state index is 13.2. The van der Waals surface area contributed by atoms with Gasteiger partial charge < -0.3 is 20.1 Å². The van der Waals surface area contributed by atoms with Gasteiger partial charge in [0.1, 0.15) is 18.1 Å². The molecule has 1 aliphatic rings. The molecule has 3 rings (SSSR count). The molecule has 0 spiro atoms. The van der Waals surface area contributed by atoms with Gasteiger partial charge in [0.25, 0.3) is 5.91 Å². The van der Waals surface area contributed by atoms with Gasteiger partial charge in [-0.3, -0.25) is 4.79 Å². The van der Waals surface area contributed by atoms with E-state index in [1.807, 2.05) is 0 Å². The second-order valence-electron chi connectivity index (χ2n) is 8.21. The molecule has 1 aliphatic heterocycles. The fourth-order valence-corrected chi connectivity index (χ4v) is 4.13. The number of nitriles is 1. The lowest BCUT2D eigenvalue weighted by molar-refractivity contribution is -0.661. The summed E-state index contributed by atoms with van der Waals surface area (Å²) in [6, 6.07) is 13.6. The van der Waals surface area contributed by atoms with Crippen LogP contribution in [0, 0.1) is 22.6 Å². The maximum atomic E-state index is 13.2. The Labute approximate surface area is 196 Å². The molecule has 0 atom stereocenters. The van der Waals surface area contributed by atoms with Gasteiger partial charge in [-0.2, -0.15) is 5.26 Å². The smallest absolute Gasteiger partial charge is 0.359 e. The molecular formula is C24H26ClFN3O4+. The highest BCUT2D eigenvalue weighted by molar-refractivity contribution is 6.30. The van der Waals surface area contributed by atoms with Crippen molar-refractivity contribution in [3.05, 3.63) is 64.4 Å². The Kier molecular flexibility index (Phi) is 8.26. The van der Waals surface area contributed by atoms with Crippen molar-refractivity contribution in [3.8, 4) is 11.8 Å². The first-order chi connectivity index (χ1) is 15.8. The number of halogens is 2. The quantitative estimate of drug-likeness (QED) is 0.580. The number of ether oxygens (including phenoxy) is 1. The van der Waals surface area contributed by atoms with Crippen molar-refractivity contribution in [1.82, 2.24) is 4.90 Å². The van der Waals surface area contributed by atoms with Crippen molar-refractivity contribution in [1.29, 1.82) is 5.26 Å². The largest absolute Gasteiger partial charge is 0.483 e. The molecule has 2 aromatic rings. The fraction of sp³-hybridized carbons (Fsp3) is 0.375. The summed E-state index contributed by atoms with van der Waals surface area (Å²) in [5, 5.41) is 20.7. The number of quaternary nitrogens is 1. The summed E-state index contributed by atoms with van der Waals surface area (Å²) >= 11 is 6.04. The molecule has 1 amide bonds. The molecule has 0 aliphatic carbocycles. The predicted octanol–water partition coefficient (Wildman–Crippen LogP) is 2.38. The van der Waals surface area contributed by atoms with E-state index in [9.17, 15) is 19.2 Å². The van der Waals surface area contributed by atoms with Gasteiger partial charge in [-0.15, -0.1) is 0 Å². The van der Waals surface area contributed by atoms with E-state index in [1.165, 1.54) is 12.1 Å². The SMILES string of the molecule is N#CC1(Cc2ccc(F)cc2)CCN(C(=O)COc2ccc(Cl)cc2C[NH2+]CC(=O)O)CC1. The number of carbonyl (C=O) groups is 2. The number of benzene rings is 2. The topological polar surface area (TPSA) is 107 Å². The van der Waals surface area contributed by atoms with Crippen LogP contribution in [0.4, 0.5) is 4.39 Å². The highest BCUT2D eigenvalue weighted by atomic mass is 35.5. The van der Waals surface area contributed by atoms with Crippen LogP contribution < -0.4 is 10.1 Å². The van der Waals surface area contributed by atoms with E-state index in [-0.39, 0.29) is 24.9 Å². The number of likely N-dealkylation sites (tertiary alicyclic amines) is 1. The van der Waals surface area contributed by atoms with Crippen molar-refractivity contribution >= 4 is 23.5 Å². The van der Waals surface area contributed by atoms with E-state index in [0.717, 1.165) is 5.56 Å². The minimum Gasteiger partial charge on any atom is -0.483 e. The third-order valence-electron chi connectivity index (χ3n) is 5.82. The van der Waals surface area contributed by atoms with E-state index < -0.39 is 11.4 Å². The first kappa shape index (κ1) is 24.5. The highest BCUT2D eigenvalue weighted by Gasteiger charge is 2.36. The van der Waals surface area contributed by atoms with Gasteiger partial charge in [-0.25, -0.2) is 9.18 Å². The van der Waals surface area contributed by atoms with Crippen LogP contribution in [0.3, 0.4) is 0 Å². The van der Waals surface area contributed by atoms with Crippen LogP contribution in [-0.2, 0) is 22.6 Å². The molecule has 0 saturated carbocycles. The molecule has 0 radical (unpaired) electrons. The van der Waals surface area contributed by atoms with Gasteiger partial charge in [0.15, 0.2) is 13.2 Å². The maximum Gasteiger partial charge on any atom is 0.359 e. The van der Waals surface area contributed by atoms with E-state index >= 15 is 0 Å². The summed E-state index contributed by atoms with van der Waals surface area (Å²) in [5.41, 5.74) is 1.02. The van der Waals surface area contributed by atoms with Crippen LogP contribution in [0.5, 0.6) is 5.75 Å². The number of carbonyl (C=O) groups excluding carboxylic acids is 1. The first-order valence-electron chi connectivity index (χ1n) is 10.7. The average molecular weight is 475 g/mol. The molecule has 33 heavy (non-hydrogen) atoms. The summed E-state index contributed by atoms with van der Waals surface area (Å²) in [4.78, 5) is 25.1. The molecule has 1 fully saturated rings. The average Bonchev–Trinajstić information content (AvgIpc) is 2.80. The number of piperidine rings is 1. The zero-order chi connectivity index (χ0) is 23.8. The zero-order valence-corrected chi connectivity index (χ0v) is 18.9. The number of carboxylic acid groups (broad SMARTS) is 1. The van der Waals surface area contributed by atoms with Gasteiger partial charge in [0.2, 0.25) is 0 Å². The van der Waals surface area contributed by atoms with Gasteiger partial charge in [-0.05, 0) is 55.2 Å². The third-order valence-corrected chi connectivity index (χ3v) is 6.06. The Balaban J connectivity index is 1.54. The second kappa shape index (κ2) is 11.1. The number of hydrogen-bond acceptors (Lipinski definition) is 4. The lowest BCUT2D eigenvalue weighted by Crippen LogP contribution is -2.84. The molecule has 1 saturated heterocycles. The Bertz CT molecular complexity index is 1030. The number of hydrogen-bond donors (Lipinski definition) is 2. The summed E-state index contributed by atoms with van der Waals surface area (Å²) in [6.07, 6.45) is 1.58. The zero-order valence-electron chi connectivity index (χ0n) is 18.1. The molecule has 7 nitrogen and oxygen atoms in total. The first-order valence-corrected chi connectivity index (χ1v) is 11.1. The molecule has 174 valence electrons. The van der Waals surface area contributed by atoms with Crippen LogP contribution in [0.25, 0.3) is 0 Å². The van der Waals surface area contributed by atoms with Crippen molar-refractivity contribution in [2.45, 2.75) is 25.8 Å². The Morgan fingerprint density at radius 3 is 2.55 bits per heavy atom. The summed E-state index contributed by atoms with van der Waals surface area (Å²) in [5.74, 6) is -0.936.